The van der Waals surface area contributed by atoms with Crippen LogP contribution in [-0.4, -0.2) is 52.1 Å². The smallest absolute Gasteiger partial charge is 0.264 e. The Kier molecular flexibility index (Phi) is 6.00. The Bertz CT molecular complexity index is 1470. The summed E-state index contributed by atoms with van der Waals surface area (Å²) in [5, 5.41) is 16.1. The molecule has 3 aromatic carbocycles. The zero-order valence-corrected chi connectivity index (χ0v) is 21.2. The van der Waals surface area contributed by atoms with Crippen LogP contribution in [0.15, 0.2) is 94.3 Å². The Morgan fingerprint density at radius 1 is 0.947 bits per heavy atom. The van der Waals surface area contributed by atoms with Crippen molar-refractivity contribution in [3.05, 3.63) is 101 Å². The predicted octanol–water partition coefficient (Wildman–Crippen LogP) is 4.32. The number of hydrogen-bond donors (Lipinski definition) is 0. The van der Waals surface area contributed by atoms with E-state index in [4.69, 9.17) is 11.6 Å². The number of nitrogens with zero attached hydrogens (tertiary/aromatic N) is 6. The molecule has 3 aromatic rings. The molecule has 190 valence electrons. The van der Waals surface area contributed by atoms with Gasteiger partial charge in [-0.2, -0.15) is 10.2 Å². The number of hydrogen-bond acceptors (Lipinski definition) is 7. The average molecular weight is 527 g/mol. The highest BCUT2D eigenvalue weighted by Crippen LogP contribution is 2.35. The Labute approximate surface area is 224 Å². The zero-order chi connectivity index (χ0) is 26.4. The lowest BCUT2D eigenvalue weighted by atomic mass is 9.98. The van der Waals surface area contributed by atoms with Gasteiger partial charge in [0.15, 0.2) is 12.1 Å². The molecule has 3 heterocycles. The van der Waals surface area contributed by atoms with Crippen molar-refractivity contribution in [2.45, 2.75) is 31.5 Å². The molecule has 0 unspecified atom stereocenters. The molecule has 1 fully saturated rings. The first-order chi connectivity index (χ1) is 18.4. The van der Waals surface area contributed by atoms with Crippen LogP contribution in [0.2, 0.25) is 5.02 Å². The first kappa shape index (κ1) is 24.0. The summed E-state index contributed by atoms with van der Waals surface area (Å²) in [5.74, 6) is -1.25. The van der Waals surface area contributed by atoms with Crippen molar-refractivity contribution in [2.75, 3.05) is 11.4 Å². The molecular weight excluding hydrogens is 504 g/mol. The lowest BCUT2D eigenvalue weighted by Gasteiger charge is -2.25. The number of aryl methyl sites for hydroxylation is 1. The van der Waals surface area contributed by atoms with Gasteiger partial charge in [0.2, 0.25) is 0 Å². The third kappa shape index (κ3) is 4.14. The Morgan fingerprint density at radius 2 is 1.66 bits per heavy atom. The van der Waals surface area contributed by atoms with Gasteiger partial charge in [-0.1, -0.05) is 77.0 Å². The number of amides is 3. The fourth-order valence-electron chi connectivity index (χ4n) is 5.01. The number of imide groups is 1. The molecular formula is C28H23ClN6O3. The molecule has 3 amide bonds. The van der Waals surface area contributed by atoms with Crippen molar-refractivity contribution in [3.8, 4) is 0 Å². The van der Waals surface area contributed by atoms with E-state index in [9.17, 15) is 14.4 Å². The number of fused-ring (bicyclic) bond motifs is 1. The summed E-state index contributed by atoms with van der Waals surface area (Å²) < 4.78 is 0. The summed E-state index contributed by atoms with van der Waals surface area (Å²) in [5.41, 5.74) is 4.05. The minimum atomic E-state index is -0.978. The van der Waals surface area contributed by atoms with Crippen LogP contribution in [0.3, 0.4) is 0 Å². The van der Waals surface area contributed by atoms with Gasteiger partial charge in [0.25, 0.3) is 17.7 Å². The normalized spacial score (nSPS) is 22.3. The topological polar surface area (TPSA) is 98.0 Å². The molecule has 3 aliphatic rings. The maximum absolute atomic E-state index is 13.6. The number of rotatable bonds is 5. The monoisotopic (exact) mass is 526 g/mol. The Morgan fingerprint density at radius 3 is 2.37 bits per heavy atom. The van der Waals surface area contributed by atoms with E-state index in [2.05, 4.69) is 15.4 Å². The van der Waals surface area contributed by atoms with E-state index in [0.29, 0.717) is 17.1 Å². The molecule has 0 aromatic heterocycles. The van der Waals surface area contributed by atoms with Gasteiger partial charge in [0, 0.05) is 11.4 Å². The number of carbonyl (C=O) groups is 3. The largest absolute Gasteiger partial charge is 0.271 e. The highest BCUT2D eigenvalue weighted by Gasteiger charge is 2.55. The minimum absolute atomic E-state index is 0.244. The molecule has 0 spiro atoms. The van der Waals surface area contributed by atoms with Crippen LogP contribution in [0.25, 0.3) is 0 Å². The van der Waals surface area contributed by atoms with Gasteiger partial charge >= 0.3 is 0 Å². The minimum Gasteiger partial charge on any atom is -0.271 e. The van der Waals surface area contributed by atoms with E-state index in [1.54, 1.807) is 24.3 Å². The molecule has 6 rings (SSSR count). The summed E-state index contributed by atoms with van der Waals surface area (Å²) in [6, 6.07) is 21.8. The highest BCUT2D eigenvalue weighted by atomic mass is 35.5. The van der Waals surface area contributed by atoms with Crippen LogP contribution < -0.4 is 4.90 Å². The summed E-state index contributed by atoms with van der Waals surface area (Å²) in [7, 11) is 0. The van der Waals surface area contributed by atoms with Crippen molar-refractivity contribution in [1.29, 1.82) is 0 Å². The number of halogens is 1. The van der Waals surface area contributed by atoms with E-state index in [-0.39, 0.29) is 18.5 Å². The number of anilines is 1. The predicted molar refractivity (Wildman–Crippen MR) is 141 cm³/mol. The first-order valence-electron chi connectivity index (χ1n) is 12.2. The summed E-state index contributed by atoms with van der Waals surface area (Å²) in [6.45, 7) is 1.68. The third-order valence-corrected chi connectivity index (χ3v) is 7.23. The van der Waals surface area contributed by atoms with E-state index < -0.39 is 23.9 Å². The van der Waals surface area contributed by atoms with Crippen LogP contribution in [0.1, 0.15) is 29.2 Å². The second-order valence-corrected chi connectivity index (χ2v) is 9.90. The van der Waals surface area contributed by atoms with Crippen molar-refractivity contribution < 1.29 is 14.4 Å². The number of hydrazone groups is 1. The molecule has 0 bridgehead atoms. The molecule has 38 heavy (non-hydrogen) atoms. The molecule has 1 saturated heterocycles. The van der Waals surface area contributed by atoms with Gasteiger partial charge in [-0.25, -0.2) is 9.91 Å². The molecule has 0 radical (unpaired) electrons. The van der Waals surface area contributed by atoms with Gasteiger partial charge in [-0.3, -0.25) is 19.4 Å². The van der Waals surface area contributed by atoms with Crippen molar-refractivity contribution in [3.63, 3.8) is 0 Å². The maximum atomic E-state index is 13.6. The third-order valence-electron chi connectivity index (χ3n) is 6.98. The maximum Gasteiger partial charge on any atom is 0.264 e. The van der Waals surface area contributed by atoms with Crippen LogP contribution in [0.5, 0.6) is 0 Å². The second-order valence-electron chi connectivity index (χ2n) is 9.46. The molecule has 10 heteroatoms. The van der Waals surface area contributed by atoms with E-state index >= 15 is 0 Å². The highest BCUT2D eigenvalue weighted by molar-refractivity contribution is 6.30. The zero-order valence-electron chi connectivity index (χ0n) is 20.4. The van der Waals surface area contributed by atoms with Crippen LogP contribution >= 0.6 is 11.6 Å². The van der Waals surface area contributed by atoms with Gasteiger partial charge in [-0.05, 0) is 42.3 Å². The second kappa shape index (κ2) is 9.50. The van der Waals surface area contributed by atoms with Crippen LogP contribution in [0, 0.1) is 6.92 Å². The van der Waals surface area contributed by atoms with Gasteiger partial charge in [-0.15, -0.1) is 0 Å². The SMILES string of the molecule is Cc1ccc(N2C(=O)[C@H]3N=NN(CC(=O)N4N=C(c5ccc(Cl)cc5)C[C@H]4c4ccccc4)[C@H]3C2=O)cc1. The fourth-order valence-corrected chi connectivity index (χ4v) is 5.13. The molecule has 0 N–H and O–H groups in total. The summed E-state index contributed by atoms with van der Waals surface area (Å²) in [6.07, 6.45) is 0.517. The van der Waals surface area contributed by atoms with Crippen molar-refractivity contribution in [1.82, 2.24) is 10.0 Å². The first-order valence-corrected chi connectivity index (χ1v) is 12.6. The standard InChI is InChI=1S/C28H23ClN6O3/c1-17-7-13-21(14-8-17)34-27(37)25-26(28(34)38)33(32-30-25)16-24(36)35-23(19-5-3-2-4-6-19)15-22(31-35)18-9-11-20(29)12-10-18/h2-14,23,25-26H,15-16H2,1H3/t23-,25-,26+/m0/s1. The fraction of sp³-hybridized carbons (Fsp3) is 0.214. The van der Waals surface area contributed by atoms with E-state index in [1.165, 1.54) is 10.0 Å². The molecule has 3 atom stereocenters. The van der Waals surface area contributed by atoms with E-state index in [1.807, 2.05) is 61.5 Å². The summed E-state index contributed by atoms with van der Waals surface area (Å²) >= 11 is 6.06. The average Bonchev–Trinajstić information content (AvgIpc) is 3.61. The quantitative estimate of drug-likeness (QED) is 0.462. The van der Waals surface area contributed by atoms with Crippen molar-refractivity contribution in [2.24, 2.45) is 15.4 Å². The molecule has 0 saturated carbocycles. The Balaban J connectivity index is 1.25. The lowest BCUT2D eigenvalue weighted by molar-refractivity contribution is -0.135. The number of benzene rings is 3. The van der Waals surface area contributed by atoms with Crippen LogP contribution in [0.4, 0.5) is 5.69 Å². The molecule has 9 nitrogen and oxygen atoms in total. The lowest BCUT2D eigenvalue weighted by Crippen LogP contribution is -2.44. The van der Waals surface area contributed by atoms with Gasteiger partial charge in [0.05, 0.1) is 17.4 Å². The van der Waals surface area contributed by atoms with Gasteiger partial charge in [0.1, 0.15) is 6.54 Å². The Hall–Kier alpha value is -4.37. The molecule has 3 aliphatic heterocycles. The summed E-state index contributed by atoms with van der Waals surface area (Å²) in [4.78, 5) is 41.1. The molecule has 0 aliphatic carbocycles. The van der Waals surface area contributed by atoms with Crippen LogP contribution in [-0.2, 0) is 14.4 Å². The van der Waals surface area contributed by atoms with Crippen molar-refractivity contribution >= 4 is 40.7 Å². The number of carbonyl (C=O) groups excluding carboxylic acids is 3. The van der Waals surface area contributed by atoms with Gasteiger partial charge < -0.3 is 0 Å². The van der Waals surface area contributed by atoms with E-state index in [0.717, 1.165) is 27.3 Å².